The fourth-order valence-electron chi connectivity index (χ4n) is 1.84. The lowest BCUT2D eigenvalue weighted by Gasteiger charge is -2.28. The van der Waals surface area contributed by atoms with E-state index in [4.69, 9.17) is 0 Å². The van der Waals surface area contributed by atoms with E-state index in [0.717, 1.165) is 37.0 Å². The van der Waals surface area contributed by atoms with Gasteiger partial charge in [0, 0.05) is 18.4 Å². The van der Waals surface area contributed by atoms with Crippen molar-refractivity contribution in [3.63, 3.8) is 0 Å². The molecule has 1 rings (SSSR count). The van der Waals surface area contributed by atoms with Crippen molar-refractivity contribution in [2.75, 3.05) is 24.2 Å². The predicted octanol–water partition coefficient (Wildman–Crippen LogP) is 2.91. The molecule has 0 spiro atoms. The Morgan fingerprint density at radius 2 is 2.27 bits per heavy atom. The van der Waals surface area contributed by atoms with E-state index in [1.165, 1.54) is 12.8 Å². The Morgan fingerprint density at radius 3 is 2.80 bits per heavy atom. The minimum atomic E-state index is 0.240. The number of nitrogens with zero attached hydrogens (tertiary/aromatic N) is 1. The predicted molar refractivity (Wildman–Crippen MR) is 70.8 cm³/mol. The Balaban J connectivity index is 2.45. The molecule has 1 amide bonds. The average molecular weight is 294 g/mol. The second-order valence-corrected chi connectivity index (χ2v) is 5.97. The lowest BCUT2D eigenvalue weighted by atomic mass is 10.1. The Bertz CT molecular complexity index is 189. The van der Waals surface area contributed by atoms with Crippen molar-refractivity contribution < 1.29 is 4.79 Å². The summed E-state index contributed by atoms with van der Waals surface area (Å²) in [5.74, 6) is 1.52. The highest BCUT2D eigenvalue weighted by Gasteiger charge is 2.25. The standard InChI is InChI=1S/C11H20BrNOS/c1-2-7-13(8-6-12)11(14)10-5-3-4-9-15-10/h10H,2-9H2,1H3. The molecule has 15 heavy (non-hydrogen) atoms. The van der Waals surface area contributed by atoms with Gasteiger partial charge in [0.15, 0.2) is 0 Å². The Morgan fingerprint density at radius 1 is 1.47 bits per heavy atom. The first-order valence-electron chi connectivity index (χ1n) is 5.76. The molecule has 0 aliphatic carbocycles. The van der Waals surface area contributed by atoms with Crippen LogP contribution >= 0.6 is 27.7 Å². The monoisotopic (exact) mass is 293 g/mol. The first kappa shape index (κ1) is 13.4. The van der Waals surface area contributed by atoms with Crippen LogP contribution in [0, 0.1) is 0 Å². The van der Waals surface area contributed by atoms with Gasteiger partial charge in [-0.25, -0.2) is 0 Å². The van der Waals surface area contributed by atoms with Gasteiger partial charge in [0.25, 0.3) is 0 Å². The average Bonchev–Trinajstić information content (AvgIpc) is 2.29. The number of carbonyl (C=O) groups excluding carboxylic acids is 1. The van der Waals surface area contributed by atoms with E-state index in [1.807, 2.05) is 16.7 Å². The zero-order chi connectivity index (χ0) is 11.1. The van der Waals surface area contributed by atoms with Gasteiger partial charge in [0.2, 0.25) is 5.91 Å². The largest absolute Gasteiger partial charge is 0.341 e. The number of halogens is 1. The molecule has 0 aromatic heterocycles. The van der Waals surface area contributed by atoms with Crippen LogP contribution in [0.2, 0.25) is 0 Å². The molecule has 2 nitrogen and oxygen atoms in total. The number of thioether (sulfide) groups is 1. The molecule has 0 radical (unpaired) electrons. The van der Waals surface area contributed by atoms with Gasteiger partial charge in [0.1, 0.15) is 0 Å². The van der Waals surface area contributed by atoms with Gasteiger partial charge in [-0.1, -0.05) is 29.3 Å². The van der Waals surface area contributed by atoms with Gasteiger partial charge in [0.05, 0.1) is 5.25 Å². The Kier molecular flexibility index (Phi) is 6.73. The third-order valence-corrected chi connectivity index (χ3v) is 4.33. The molecular formula is C11H20BrNOS. The summed E-state index contributed by atoms with van der Waals surface area (Å²) in [6, 6.07) is 0. The molecule has 0 bridgehead atoms. The molecule has 88 valence electrons. The number of hydrogen-bond donors (Lipinski definition) is 0. The van der Waals surface area contributed by atoms with Crippen LogP contribution in [0.4, 0.5) is 0 Å². The first-order valence-corrected chi connectivity index (χ1v) is 7.93. The third kappa shape index (κ3) is 4.35. The summed E-state index contributed by atoms with van der Waals surface area (Å²) in [5.41, 5.74) is 0. The van der Waals surface area contributed by atoms with E-state index in [-0.39, 0.29) is 5.25 Å². The fraction of sp³-hybridized carbons (Fsp3) is 0.909. The van der Waals surface area contributed by atoms with Crippen molar-refractivity contribution in [3.8, 4) is 0 Å². The summed E-state index contributed by atoms with van der Waals surface area (Å²) >= 11 is 5.26. The van der Waals surface area contributed by atoms with Gasteiger partial charge in [-0.3, -0.25) is 4.79 Å². The molecule has 0 saturated carbocycles. The lowest BCUT2D eigenvalue weighted by Crippen LogP contribution is -2.40. The normalized spacial score (nSPS) is 21.3. The maximum atomic E-state index is 12.2. The minimum absolute atomic E-state index is 0.240. The molecular weight excluding hydrogens is 274 g/mol. The van der Waals surface area contributed by atoms with Crippen molar-refractivity contribution >= 4 is 33.6 Å². The van der Waals surface area contributed by atoms with Crippen molar-refractivity contribution in [1.29, 1.82) is 0 Å². The summed E-state index contributed by atoms with van der Waals surface area (Å²) in [6.07, 6.45) is 4.63. The van der Waals surface area contributed by atoms with Gasteiger partial charge in [-0.05, 0) is 25.0 Å². The van der Waals surface area contributed by atoms with Gasteiger partial charge < -0.3 is 4.90 Å². The summed E-state index contributed by atoms with van der Waals surface area (Å²) in [4.78, 5) is 14.2. The number of alkyl halides is 1. The topological polar surface area (TPSA) is 20.3 Å². The first-order chi connectivity index (χ1) is 7.29. The SMILES string of the molecule is CCCN(CCBr)C(=O)C1CCCCS1. The van der Waals surface area contributed by atoms with E-state index in [9.17, 15) is 4.79 Å². The lowest BCUT2D eigenvalue weighted by molar-refractivity contribution is -0.130. The highest BCUT2D eigenvalue weighted by atomic mass is 79.9. The number of carbonyl (C=O) groups is 1. The molecule has 1 saturated heterocycles. The summed E-state index contributed by atoms with van der Waals surface area (Å²) < 4.78 is 0. The van der Waals surface area contributed by atoms with E-state index in [0.29, 0.717) is 5.91 Å². The smallest absolute Gasteiger partial charge is 0.235 e. The van der Waals surface area contributed by atoms with E-state index in [1.54, 1.807) is 0 Å². The highest BCUT2D eigenvalue weighted by Crippen LogP contribution is 2.26. The van der Waals surface area contributed by atoms with Crippen LogP contribution in [0.25, 0.3) is 0 Å². The van der Waals surface area contributed by atoms with E-state index >= 15 is 0 Å². The van der Waals surface area contributed by atoms with Crippen molar-refractivity contribution in [2.45, 2.75) is 37.9 Å². The summed E-state index contributed by atoms with van der Waals surface area (Å²) in [6.45, 7) is 3.88. The second kappa shape index (κ2) is 7.55. The third-order valence-electron chi connectivity index (χ3n) is 2.61. The van der Waals surface area contributed by atoms with Crippen molar-refractivity contribution in [2.24, 2.45) is 0 Å². The van der Waals surface area contributed by atoms with Crippen LogP contribution < -0.4 is 0 Å². The quantitative estimate of drug-likeness (QED) is 0.727. The molecule has 0 aromatic rings. The highest BCUT2D eigenvalue weighted by molar-refractivity contribution is 9.09. The molecule has 4 heteroatoms. The molecule has 1 fully saturated rings. The Hall–Kier alpha value is 0.300. The molecule has 1 aliphatic heterocycles. The molecule has 1 aliphatic rings. The number of hydrogen-bond acceptors (Lipinski definition) is 2. The van der Waals surface area contributed by atoms with Crippen LogP contribution in [0.3, 0.4) is 0 Å². The fourth-order valence-corrected chi connectivity index (χ4v) is 3.55. The zero-order valence-electron chi connectivity index (χ0n) is 9.38. The van der Waals surface area contributed by atoms with Crippen LogP contribution in [-0.4, -0.2) is 40.2 Å². The Labute approximate surface area is 105 Å². The molecule has 0 aromatic carbocycles. The van der Waals surface area contributed by atoms with Crippen molar-refractivity contribution in [3.05, 3.63) is 0 Å². The summed E-state index contributed by atoms with van der Waals surface area (Å²) in [5, 5.41) is 1.13. The minimum Gasteiger partial charge on any atom is -0.341 e. The van der Waals surface area contributed by atoms with E-state index in [2.05, 4.69) is 22.9 Å². The van der Waals surface area contributed by atoms with Gasteiger partial charge in [-0.15, -0.1) is 11.8 Å². The number of rotatable bonds is 5. The molecule has 0 N–H and O–H groups in total. The van der Waals surface area contributed by atoms with Crippen LogP contribution in [0.5, 0.6) is 0 Å². The maximum Gasteiger partial charge on any atom is 0.235 e. The molecule has 1 heterocycles. The van der Waals surface area contributed by atoms with Gasteiger partial charge >= 0.3 is 0 Å². The molecule has 1 unspecified atom stereocenters. The maximum absolute atomic E-state index is 12.2. The summed E-state index contributed by atoms with van der Waals surface area (Å²) in [7, 11) is 0. The van der Waals surface area contributed by atoms with Crippen LogP contribution in [0.1, 0.15) is 32.6 Å². The van der Waals surface area contributed by atoms with Crippen LogP contribution in [0.15, 0.2) is 0 Å². The van der Waals surface area contributed by atoms with Crippen molar-refractivity contribution in [1.82, 2.24) is 4.90 Å². The molecule has 1 atom stereocenters. The van der Waals surface area contributed by atoms with Gasteiger partial charge in [-0.2, -0.15) is 0 Å². The second-order valence-electron chi connectivity index (χ2n) is 3.87. The van der Waals surface area contributed by atoms with E-state index < -0.39 is 0 Å². The number of amides is 1. The van der Waals surface area contributed by atoms with Crippen LogP contribution in [-0.2, 0) is 4.79 Å². The zero-order valence-corrected chi connectivity index (χ0v) is 11.8.